The Balaban J connectivity index is 1.40. The Hall–Kier alpha value is -4.61. The van der Waals surface area contributed by atoms with Crippen LogP contribution >= 0.6 is 11.6 Å². The Morgan fingerprint density at radius 3 is 2.26 bits per heavy atom. The van der Waals surface area contributed by atoms with Gasteiger partial charge in [0.1, 0.15) is 31.6 Å². The molecule has 0 saturated heterocycles. The van der Waals surface area contributed by atoms with Crippen molar-refractivity contribution in [1.29, 1.82) is 0 Å². The van der Waals surface area contributed by atoms with Gasteiger partial charge in [0.05, 0.1) is 10.6 Å². The van der Waals surface area contributed by atoms with Crippen LogP contribution in [0.25, 0.3) is 0 Å². The van der Waals surface area contributed by atoms with Crippen LogP contribution in [0.1, 0.15) is 43.2 Å². The minimum atomic E-state index is -4.43. The van der Waals surface area contributed by atoms with Crippen molar-refractivity contribution in [3.05, 3.63) is 119 Å². The van der Waals surface area contributed by atoms with E-state index in [0.29, 0.717) is 22.9 Å². The molecule has 50 heavy (non-hydrogen) atoms. The molecule has 1 aliphatic heterocycles. The van der Waals surface area contributed by atoms with Gasteiger partial charge in [-0.3, -0.25) is 13.9 Å². The van der Waals surface area contributed by atoms with Gasteiger partial charge in [-0.15, -0.1) is 0 Å². The van der Waals surface area contributed by atoms with Crippen LogP contribution in [0, 0.1) is 5.82 Å². The van der Waals surface area contributed by atoms with Crippen molar-refractivity contribution < 1.29 is 31.9 Å². The van der Waals surface area contributed by atoms with E-state index in [0.717, 1.165) is 54.1 Å². The maximum atomic E-state index is 14.7. The normalized spacial score (nSPS) is 15.2. The average Bonchev–Trinajstić information content (AvgIpc) is 3.13. The number of carbonyl (C=O) groups is 2. The van der Waals surface area contributed by atoms with Crippen molar-refractivity contribution >= 4 is 39.1 Å². The van der Waals surface area contributed by atoms with Crippen LogP contribution in [0.5, 0.6) is 11.5 Å². The van der Waals surface area contributed by atoms with Crippen molar-refractivity contribution in [2.45, 2.75) is 62.0 Å². The minimum Gasteiger partial charge on any atom is -0.486 e. The van der Waals surface area contributed by atoms with Gasteiger partial charge in [-0.05, 0) is 72.5 Å². The molecule has 0 unspecified atom stereocenters. The minimum absolute atomic E-state index is 0.0175. The molecule has 2 aliphatic rings. The zero-order chi connectivity index (χ0) is 35.1. The van der Waals surface area contributed by atoms with E-state index in [-0.39, 0.29) is 47.9 Å². The highest BCUT2D eigenvalue weighted by Crippen LogP contribution is 2.34. The molecule has 2 amide bonds. The lowest BCUT2D eigenvalue weighted by molar-refractivity contribution is -0.140. The Kier molecular flexibility index (Phi) is 11.2. The molecular weight excluding hydrogens is 681 g/mol. The molecule has 0 radical (unpaired) electrons. The molecule has 0 aromatic heterocycles. The van der Waals surface area contributed by atoms with E-state index < -0.39 is 34.3 Å². The molecule has 4 aromatic carbocycles. The highest BCUT2D eigenvalue weighted by molar-refractivity contribution is 7.92. The number of nitrogens with zero attached hydrogens (tertiary/aromatic N) is 2. The number of halogens is 2. The van der Waals surface area contributed by atoms with E-state index in [9.17, 15) is 22.4 Å². The number of fused-ring (bicyclic) bond motifs is 1. The summed E-state index contributed by atoms with van der Waals surface area (Å²) in [5, 5.41) is 3.64. The zero-order valence-corrected chi connectivity index (χ0v) is 29.0. The number of nitrogens with one attached hydrogen (secondary N) is 1. The highest BCUT2D eigenvalue weighted by atomic mass is 35.5. The predicted octanol–water partition coefficient (Wildman–Crippen LogP) is 6.53. The standard InChI is InChI=1S/C38H39ClFN3O6S/c39-29-11-7-10-28(22-29)25-42(34(23-27-8-3-1-4-9-27)38(45)41-31-12-5-2-6-13-31)37(44)26-43(32-16-14-30(40)15-17-32)50(46,47)33-18-19-35-36(24-33)49-21-20-48-35/h1,3-4,7-11,14-19,22,24,31,34H,2,5-6,12-13,20-21,23,25-26H2,(H,41,45)/t34-/m1/s1. The van der Waals surface area contributed by atoms with E-state index in [1.807, 2.05) is 30.3 Å². The molecule has 0 bridgehead atoms. The van der Waals surface area contributed by atoms with Crippen LogP contribution in [0.3, 0.4) is 0 Å². The van der Waals surface area contributed by atoms with Gasteiger partial charge in [-0.2, -0.15) is 0 Å². The summed E-state index contributed by atoms with van der Waals surface area (Å²) in [4.78, 5) is 30.2. The Morgan fingerprint density at radius 2 is 1.54 bits per heavy atom. The SMILES string of the molecule is O=C(NC1CCCCC1)[C@@H](Cc1ccccc1)N(Cc1cccc(Cl)c1)C(=O)CN(c1ccc(F)cc1)S(=O)(=O)c1ccc2c(c1)OCCO2. The summed E-state index contributed by atoms with van der Waals surface area (Å²) in [7, 11) is -4.43. The van der Waals surface area contributed by atoms with Gasteiger partial charge in [0.2, 0.25) is 11.8 Å². The molecule has 6 rings (SSSR count). The molecule has 1 fully saturated rings. The largest absolute Gasteiger partial charge is 0.486 e. The third kappa shape index (κ3) is 8.57. The fourth-order valence-electron chi connectivity index (χ4n) is 6.38. The molecule has 4 aromatic rings. The van der Waals surface area contributed by atoms with Gasteiger partial charge in [0.25, 0.3) is 10.0 Å². The van der Waals surface area contributed by atoms with Crippen molar-refractivity contribution in [2.24, 2.45) is 0 Å². The van der Waals surface area contributed by atoms with Gasteiger partial charge in [-0.25, -0.2) is 12.8 Å². The maximum absolute atomic E-state index is 14.7. The van der Waals surface area contributed by atoms with Crippen LogP contribution in [0.4, 0.5) is 10.1 Å². The lowest BCUT2D eigenvalue weighted by Crippen LogP contribution is -2.55. The highest BCUT2D eigenvalue weighted by Gasteiger charge is 2.36. The quantitative estimate of drug-likeness (QED) is 0.179. The number of benzene rings is 4. The second kappa shape index (κ2) is 15.9. The van der Waals surface area contributed by atoms with E-state index >= 15 is 0 Å². The molecule has 1 aliphatic carbocycles. The summed E-state index contributed by atoms with van der Waals surface area (Å²) < 4.78 is 55.0. The lowest BCUT2D eigenvalue weighted by Gasteiger charge is -2.35. The summed E-state index contributed by atoms with van der Waals surface area (Å²) in [6.45, 7) is -0.113. The molecule has 1 heterocycles. The number of anilines is 1. The molecule has 12 heteroatoms. The summed E-state index contributed by atoms with van der Waals surface area (Å²) in [5.74, 6) is -0.858. The molecule has 9 nitrogen and oxygen atoms in total. The number of hydrogen-bond acceptors (Lipinski definition) is 6. The maximum Gasteiger partial charge on any atom is 0.264 e. The van der Waals surface area contributed by atoms with E-state index in [1.165, 1.54) is 35.2 Å². The number of ether oxygens (including phenoxy) is 2. The molecule has 262 valence electrons. The smallest absolute Gasteiger partial charge is 0.264 e. The van der Waals surface area contributed by atoms with E-state index in [2.05, 4.69) is 5.32 Å². The summed E-state index contributed by atoms with van der Waals surface area (Å²) in [6.07, 6.45) is 5.00. The number of sulfonamides is 1. The number of hydrogen-bond donors (Lipinski definition) is 1. The summed E-state index contributed by atoms with van der Waals surface area (Å²) >= 11 is 6.34. The van der Waals surface area contributed by atoms with Crippen molar-refractivity contribution in [1.82, 2.24) is 10.2 Å². The fourth-order valence-corrected chi connectivity index (χ4v) is 8.02. The van der Waals surface area contributed by atoms with Crippen LogP contribution in [0.15, 0.2) is 102 Å². The van der Waals surface area contributed by atoms with Crippen LogP contribution in [-0.4, -0.2) is 57.0 Å². The molecule has 1 saturated carbocycles. The first-order valence-corrected chi connectivity index (χ1v) is 18.6. The van der Waals surface area contributed by atoms with Crippen molar-refractivity contribution in [3.8, 4) is 11.5 Å². The average molecular weight is 720 g/mol. The van der Waals surface area contributed by atoms with E-state index in [1.54, 1.807) is 24.3 Å². The topological polar surface area (TPSA) is 105 Å². The van der Waals surface area contributed by atoms with Crippen LogP contribution in [-0.2, 0) is 32.6 Å². The summed E-state index contributed by atoms with van der Waals surface area (Å²) in [6, 6.07) is 24.5. The first-order chi connectivity index (χ1) is 24.2. The lowest BCUT2D eigenvalue weighted by atomic mass is 9.94. The van der Waals surface area contributed by atoms with Gasteiger partial charge in [0, 0.05) is 30.1 Å². The molecule has 1 atom stereocenters. The third-order valence-electron chi connectivity index (χ3n) is 8.96. The van der Waals surface area contributed by atoms with Gasteiger partial charge in [0.15, 0.2) is 11.5 Å². The fraction of sp³-hybridized carbons (Fsp3) is 0.316. The first-order valence-electron chi connectivity index (χ1n) is 16.7. The third-order valence-corrected chi connectivity index (χ3v) is 11.0. The summed E-state index contributed by atoms with van der Waals surface area (Å²) in [5.41, 5.74) is 1.57. The predicted molar refractivity (Wildman–Crippen MR) is 189 cm³/mol. The molecule has 1 N–H and O–H groups in total. The second-order valence-electron chi connectivity index (χ2n) is 12.5. The van der Waals surface area contributed by atoms with Crippen molar-refractivity contribution in [3.63, 3.8) is 0 Å². The van der Waals surface area contributed by atoms with Gasteiger partial charge in [-0.1, -0.05) is 73.3 Å². The Labute approximate surface area is 297 Å². The molecule has 0 spiro atoms. The van der Waals surface area contributed by atoms with Crippen molar-refractivity contribution in [2.75, 3.05) is 24.1 Å². The van der Waals surface area contributed by atoms with Crippen LogP contribution in [0.2, 0.25) is 5.02 Å². The van der Waals surface area contributed by atoms with Gasteiger partial charge < -0.3 is 19.7 Å². The number of rotatable bonds is 12. The van der Waals surface area contributed by atoms with Gasteiger partial charge >= 0.3 is 0 Å². The Morgan fingerprint density at radius 1 is 0.840 bits per heavy atom. The van der Waals surface area contributed by atoms with E-state index in [4.69, 9.17) is 21.1 Å². The van der Waals surface area contributed by atoms with Crippen LogP contribution < -0.4 is 19.1 Å². The molecular formula is C38H39ClFN3O6S. The monoisotopic (exact) mass is 719 g/mol. The first kappa shape index (κ1) is 35.2. The zero-order valence-electron chi connectivity index (χ0n) is 27.5. The number of amides is 2. The number of carbonyl (C=O) groups excluding carboxylic acids is 2. The second-order valence-corrected chi connectivity index (χ2v) is 14.8. The Bertz CT molecular complexity index is 1910.